The minimum absolute atomic E-state index is 0.0668. The minimum atomic E-state index is -0.958. The molecule has 1 aliphatic rings. The number of carboxylic acid groups (broad SMARTS) is 1. The third-order valence-corrected chi connectivity index (χ3v) is 3.72. The van der Waals surface area contributed by atoms with Crippen molar-refractivity contribution in [1.29, 1.82) is 0 Å². The number of rotatable bonds is 5. The van der Waals surface area contributed by atoms with Crippen molar-refractivity contribution in [2.24, 2.45) is 0 Å². The lowest BCUT2D eigenvalue weighted by molar-refractivity contribution is 0.155. The lowest BCUT2D eigenvalue weighted by atomic mass is 10.2. The van der Waals surface area contributed by atoms with Gasteiger partial charge in [-0.25, -0.2) is 9.59 Å². The van der Waals surface area contributed by atoms with Gasteiger partial charge in [-0.2, -0.15) is 0 Å². The van der Waals surface area contributed by atoms with Crippen LogP contribution in [0.1, 0.15) is 18.4 Å². The van der Waals surface area contributed by atoms with E-state index in [0.29, 0.717) is 11.4 Å². The average molecular weight is 326 g/mol. The highest BCUT2D eigenvalue weighted by atomic mass is 16.5. The number of hydrogen-bond donors (Lipinski definition) is 2. The van der Waals surface area contributed by atoms with Crippen LogP contribution in [0.2, 0.25) is 0 Å². The number of ether oxygens (including phenoxy) is 1. The fraction of sp³-hybridized carbons (Fsp3) is 0.222. The fourth-order valence-electron chi connectivity index (χ4n) is 2.39. The van der Waals surface area contributed by atoms with Crippen molar-refractivity contribution in [1.82, 2.24) is 0 Å². The molecule has 6 nitrogen and oxygen atoms in total. The third kappa shape index (κ3) is 4.04. The fourth-order valence-corrected chi connectivity index (χ4v) is 2.39. The molecule has 24 heavy (non-hydrogen) atoms. The van der Waals surface area contributed by atoms with Gasteiger partial charge >= 0.3 is 12.2 Å². The number of amides is 2. The van der Waals surface area contributed by atoms with Crippen LogP contribution in [0.25, 0.3) is 0 Å². The summed E-state index contributed by atoms with van der Waals surface area (Å²) in [6.45, 7) is 0.194. The first-order valence-corrected chi connectivity index (χ1v) is 7.73. The van der Waals surface area contributed by atoms with Crippen LogP contribution in [0.15, 0.2) is 54.6 Å². The van der Waals surface area contributed by atoms with Crippen LogP contribution in [0.3, 0.4) is 0 Å². The van der Waals surface area contributed by atoms with Gasteiger partial charge in [-0.15, -0.1) is 0 Å². The number of hydrogen-bond acceptors (Lipinski definition) is 3. The van der Waals surface area contributed by atoms with E-state index in [0.717, 1.165) is 18.4 Å². The topological polar surface area (TPSA) is 78.9 Å². The predicted molar refractivity (Wildman–Crippen MR) is 90.2 cm³/mol. The zero-order chi connectivity index (χ0) is 16.9. The summed E-state index contributed by atoms with van der Waals surface area (Å²) in [7, 11) is 0. The van der Waals surface area contributed by atoms with E-state index in [1.165, 1.54) is 4.90 Å². The zero-order valence-corrected chi connectivity index (χ0v) is 13.0. The molecule has 0 bridgehead atoms. The number of benzene rings is 2. The highest BCUT2D eigenvalue weighted by Crippen LogP contribution is 2.32. The van der Waals surface area contributed by atoms with Gasteiger partial charge in [0.05, 0.1) is 0 Å². The molecule has 1 aliphatic carbocycles. The zero-order valence-electron chi connectivity index (χ0n) is 13.0. The normalized spacial score (nSPS) is 13.2. The highest BCUT2D eigenvalue weighted by molar-refractivity contribution is 5.89. The van der Waals surface area contributed by atoms with Crippen molar-refractivity contribution in [2.45, 2.75) is 25.5 Å². The summed E-state index contributed by atoms with van der Waals surface area (Å²) in [5.74, 6) is 0. The maximum atomic E-state index is 11.8. The second-order valence-electron chi connectivity index (χ2n) is 5.62. The van der Waals surface area contributed by atoms with Crippen LogP contribution in [0.5, 0.6) is 0 Å². The first-order valence-electron chi connectivity index (χ1n) is 7.73. The first-order chi connectivity index (χ1) is 11.6. The molecule has 0 aliphatic heterocycles. The molecule has 2 aromatic rings. The maximum Gasteiger partial charge on any atom is 0.412 e. The molecule has 6 heteroatoms. The lowest BCUT2D eigenvalue weighted by Gasteiger charge is -2.18. The molecule has 0 unspecified atom stereocenters. The van der Waals surface area contributed by atoms with Gasteiger partial charge < -0.3 is 9.84 Å². The maximum absolute atomic E-state index is 11.8. The summed E-state index contributed by atoms with van der Waals surface area (Å²) in [6, 6.07) is 16.2. The molecule has 2 N–H and O–H groups in total. The number of carbonyl (C=O) groups excluding carboxylic acids is 1. The van der Waals surface area contributed by atoms with Crippen LogP contribution in [-0.2, 0) is 11.3 Å². The standard InChI is InChI=1S/C18H18N2O4/c21-17(24-12-13-4-2-1-3-5-13)19-14-6-8-15(9-7-14)20(18(22)23)16-10-11-16/h1-9,16H,10-12H2,(H,19,21)(H,22,23). The number of carbonyl (C=O) groups is 2. The second-order valence-corrected chi connectivity index (χ2v) is 5.62. The second kappa shape index (κ2) is 7.04. The van der Waals surface area contributed by atoms with Crippen molar-refractivity contribution in [2.75, 3.05) is 10.2 Å². The average Bonchev–Trinajstić information content (AvgIpc) is 3.40. The highest BCUT2D eigenvalue weighted by Gasteiger charge is 2.33. The van der Waals surface area contributed by atoms with E-state index >= 15 is 0 Å². The van der Waals surface area contributed by atoms with E-state index in [4.69, 9.17) is 4.74 Å². The van der Waals surface area contributed by atoms with Crippen LogP contribution < -0.4 is 10.2 Å². The molecule has 0 heterocycles. The molecule has 0 radical (unpaired) electrons. The molecule has 1 saturated carbocycles. The smallest absolute Gasteiger partial charge is 0.412 e. The Hall–Kier alpha value is -3.02. The Balaban J connectivity index is 1.55. The number of nitrogens with one attached hydrogen (secondary N) is 1. The molecular formula is C18H18N2O4. The minimum Gasteiger partial charge on any atom is -0.465 e. The van der Waals surface area contributed by atoms with E-state index in [9.17, 15) is 14.7 Å². The summed E-state index contributed by atoms with van der Waals surface area (Å²) in [4.78, 5) is 24.5. The van der Waals surface area contributed by atoms with Crippen molar-refractivity contribution in [3.8, 4) is 0 Å². The van der Waals surface area contributed by atoms with E-state index in [2.05, 4.69) is 5.32 Å². The molecule has 1 fully saturated rings. The van der Waals surface area contributed by atoms with Crippen molar-refractivity contribution >= 4 is 23.6 Å². The monoisotopic (exact) mass is 326 g/mol. The Morgan fingerprint density at radius 1 is 1.08 bits per heavy atom. The van der Waals surface area contributed by atoms with Gasteiger partial charge in [-0.3, -0.25) is 10.2 Å². The van der Waals surface area contributed by atoms with E-state index in [1.54, 1.807) is 24.3 Å². The molecular weight excluding hydrogens is 308 g/mol. The third-order valence-electron chi connectivity index (χ3n) is 3.72. The Kier molecular flexibility index (Phi) is 4.65. The Bertz CT molecular complexity index is 712. The predicted octanol–water partition coefficient (Wildman–Crippen LogP) is 4.08. The van der Waals surface area contributed by atoms with Gasteiger partial charge in [0.2, 0.25) is 0 Å². The Labute approximate surface area is 139 Å². The molecule has 0 atom stereocenters. The van der Waals surface area contributed by atoms with E-state index in [1.807, 2.05) is 30.3 Å². The molecule has 124 valence electrons. The van der Waals surface area contributed by atoms with Gasteiger partial charge in [0.25, 0.3) is 0 Å². The number of nitrogens with zero attached hydrogens (tertiary/aromatic N) is 1. The summed E-state index contributed by atoms with van der Waals surface area (Å²) < 4.78 is 5.14. The number of anilines is 2. The van der Waals surface area contributed by atoms with Crippen LogP contribution in [0, 0.1) is 0 Å². The molecule has 0 aromatic heterocycles. The van der Waals surface area contributed by atoms with E-state index in [-0.39, 0.29) is 12.6 Å². The molecule has 0 spiro atoms. The van der Waals surface area contributed by atoms with Crippen LogP contribution in [0.4, 0.5) is 21.0 Å². The van der Waals surface area contributed by atoms with Crippen LogP contribution in [-0.4, -0.2) is 23.3 Å². The largest absolute Gasteiger partial charge is 0.465 e. The van der Waals surface area contributed by atoms with Gasteiger partial charge in [-0.05, 0) is 42.7 Å². The van der Waals surface area contributed by atoms with Gasteiger partial charge in [0.15, 0.2) is 0 Å². The summed E-state index contributed by atoms with van der Waals surface area (Å²) in [5, 5.41) is 11.9. The SMILES string of the molecule is O=C(Nc1ccc(N(C(=O)O)C2CC2)cc1)OCc1ccccc1. The van der Waals surface area contributed by atoms with Gasteiger partial charge in [-0.1, -0.05) is 30.3 Å². The first kappa shape index (κ1) is 15.9. The molecule has 3 rings (SSSR count). The molecule has 2 aromatic carbocycles. The van der Waals surface area contributed by atoms with Crippen LogP contribution >= 0.6 is 0 Å². The molecule has 0 saturated heterocycles. The van der Waals surface area contributed by atoms with Crippen molar-refractivity contribution in [3.63, 3.8) is 0 Å². The molecule has 2 amide bonds. The Morgan fingerprint density at radius 3 is 2.33 bits per heavy atom. The summed E-state index contributed by atoms with van der Waals surface area (Å²) in [6.07, 6.45) is 0.264. The van der Waals surface area contributed by atoms with Crippen molar-refractivity contribution < 1.29 is 19.4 Å². The van der Waals surface area contributed by atoms with E-state index < -0.39 is 12.2 Å². The Morgan fingerprint density at radius 2 is 1.75 bits per heavy atom. The van der Waals surface area contributed by atoms with Crippen molar-refractivity contribution in [3.05, 3.63) is 60.2 Å². The van der Waals surface area contributed by atoms with Gasteiger partial charge in [0.1, 0.15) is 6.61 Å². The summed E-state index contributed by atoms with van der Waals surface area (Å²) >= 11 is 0. The quantitative estimate of drug-likeness (QED) is 0.867. The summed E-state index contributed by atoms with van der Waals surface area (Å²) in [5.41, 5.74) is 2.07. The van der Waals surface area contributed by atoms with Gasteiger partial charge in [0, 0.05) is 17.4 Å². The lowest BCUT2D eigenvalue weighted by Crippen LogP contribution is -2.31.